The number of para-hydroxylation sites is 4. The third-order valence-electron chi connectivity index (χ3n) is 21.3. The highest BCUT2D eigenvalue weighted by Gasteiger charge is 2.52. The molecule has 2 aliphatic rings. The predicted octanol–water partition coefficient (Wildman–Crippen LogP) is 24.8. The number of furan rings is 4. The number of nitrogens with zero attached hydrogens (tertiary/aromatic N) is 6. The summed E-state index contributed by atoms with van der Waals surface area (Å²) in [5, 5.41) is 13.1. The van der Waals surface area contributed by atoms with Crippen molar-refractivity contribution in [1.29, 1.82) is 0 Å². The van der Waals surface area contributed by atoms with E-state index in [1.807, 2.05) is 158 Å². The van der Waals surface area contributed by atoms with Crippen molar-refractivity contribution >= 4 is 133 Å². The molecule has 0 amide bonds. The Bertz CT molecular complexity index is 6780. The van der Waals surface area contributed by atoms with Crippen LogP contribution in [0.2, 0.25) is 5.28 Å². The zero-order valence-electron chi connectivity index (χ0n) is 61.2. The van der Waals surface area contributed by atoms with Gasteiger partial charge in [-0.1, -0.05) is 255 Å². The smallest absolute Gasteiger partial charge is 0.455 e. The normalized spacial score (nSPS) is 13.9. The van der Waals surface area contributed by atoms with Gasteiger partial charge in [-0.2, -0.15) is 9.97 Å². The molecule has 14 aromatic carbocycles. The monoisotopic (exact) mass is 1460 g/mol. The molecule has 0 spiro atoms. The lowest BCUT2D eigenvalue weighted by molar-refractivity contribution is 0.00578. The van der Waals surface area contributed by atoms with Crippen LogP contribution in [-0.4, -0.2) is 61.4 Å². The van der Waals surface area contributed by atoms with Crippen LogP contribution >= 0.6 is 11.6 Å². The molecule has 0 atom stereocenters. The molecule has 6 aromatic heterocycles. The molecule has 20 aromatic rings. The van der Waals surface area contributed by atoms with E-state index >= 15 is 0 Å². The number of benzene rings is 14. The van der Waals surface area contributed by atoms with Crippen LogP contribution in [0.5, 0.6) is 0 Å². The molecule has 0 saturated carbocycles. The van der Waals surface area contributed by atoms with E-state index in [2.05, 4.69) is 188 Å². The lowest BCUT2D eigenvalue weighted by Gasteiger charge is -2.32. The van der Waals surface area contributed by atoms with Crippen molar-refractivity contribution in [2.45, 2.75) is 51.7 Å². The van der Waals surface area contributed by atoms with Gasteiger partial charge in [-0.25, -0.2) is 19.9 Å². The first-order valence-corrected chi connectivity index (χ1v) is 37.7. The maximum atomic E-state index is 6.85. The van der Waals surface area contributed by atoms with E-state index in [1.54, 1.807) is 0 Å². The highest BCUT2D eigenvalue weighted by Crippen LogP contribution is 2.48. The van der Waals surface area contributed by atoms with E-state index in [0.29, 0.717) is 29.1 Å². The molecular weight excluding hydrogens is 1400 g/mol. The van der Waals surface area contributed by atoms with Crippen LogP contribution < -0.4 is 5.46 Å². The van der Waals surface area contributed by atoms with Gasteiger partial charge < -0.3 is 31.7 Å². The van der Waals surface area contributed by atoms with Gasteiger partial charge in [-0.15, -0.1) is 0 Å². The number of fused-ring (bicyclic) bond motifs is 14. The van der Waals surface area contributed by atoms with Crippen molar-refractivity contribution in [3.63, 3.8) is 0 Å². The van der Waals surface area contributed by atoms with E-state index in [0.717, 1.165) is 178 Å². The summed E-state index contributed by atoms with van der Waals surface area (Å²) in [6.45, 7) is 10.3. The number of aromatic nitrogens is 6. The summed E-state index contributed by atoms with van der Waals surface area (Å²) in [5.41, 5.74) is 15.1. The minimum Gasteiger partial charge on any atom is -0.455 e. The Labute approximate surface area is 643 Å². The average Bonchev–Trinajstić information content (AvgIpc) is 1.55. The molecule has 2 fully saturated rings. The summed E-state index contributed by atoms with van der Waals surface area (Å²) in [6, 6.07) is 102. The second-order valence-electron chi connectivity index (χ2n) is 28.9. The SMILES string of the molecule is C1CCOC1.CC1(C)OB(c2ccc(-c3cccc4c3oc3ccccc34)c3oc4cc5ccccc5cc4c23)OC1(C)C.Clc1nc(-c2ccccc2)nc(-c2ccccc2)n1.c1ccc(-c2nc(-c3ccccc3)nc(-c3ccc(-c4cccc5c4oc4ccccc45)c4oc5cc6ccccc6cc5c34)n2)cc1. The maximum absolute atomic E-state index is 6.85. The van der Waals surface area contributed by atoms with Crippen molar-refractivity contribution in [3.8, 4) is 79.2 Å². The van der Waals surface area contributed by atoms with Gasteiger partial charge >= 0.3 is 7.12 Å². The predicted molar refractivity (Wildman–Crippen MR) is 449 cm³/mol. The summed E-state index contributed by atoms with van der Waals surface area (Å²) in [7, 11) is -0.513. The maximum Gasteiger partial charge on any atom is 0.495 e. The van der Waals surface area contributed by atoms with Gasteiger partial charge in [0.15, 0.2) is 29.1 Å². The minimum absolute atomic E-state index is 0.202. The number of hydrogen-bond donors (Lipinski definition) is 0. The summed E-state index contributed by atoms with van der Waals surface area (Å²) in [6.07, 6.45) is 2.56. The fourth-order valence-corrected chi connectivity index (χ4v) is 15.2. The standard InChI is InChI=1S/C43H25N3O2.C34H27BO4.C15H10ClN3.C4H8O/c1-3-12-26(13-4-1)41-44-42(27-14-5-2-6-15-27)46-43(45-41)34-23-22-33(32-20-11-19-31-30-18-9-10-21-36(30)47-39(31)32)40-38(34)35-24-28-16-7-8-17-29(28)25-37(35)48-40;1-33(2)34(3,4)39-35(38-33)27-17-16-25(24-14-9-13-23-22-12-7-8-15-28(22)36-31(23)24)32-30(27)26-18-20-10-5-6-11-21(20)19-29(26)37-32;16-15-18-13(11-7-3-1-4-8-11)17-14(19-15)12-9-5-2-6-10-12;1-2-4-5-3-1/h1-25H;5-19H,1-4H3;1-10H;1-4H2. The van der Waals surface area contributed by atoms with Crippen LogP contribution in [-0.2, 0) is 14.0 Å². The first kappa shape index (κ1) is 68.6. The van der Waals surface area contributed by atoms with Gasteiger partial charge in [-0.3, -0.25) is 0 Å². The van der Waals surface area contributed by atoms with Crippen molar-refractivity contribution in [2.24, 2.45) is 0 Å². The Morgan fingerprint density at radius 1 is 0.288 bits per heavy atom. The second-order valence-corrected chi connectivity index (χ2v) is 29.2. The zero-order valence-corrected chi connectivity index (χ0v) is 61.9. The molecule has 2 saturated heterocycles. The molecule has 13 nitrogen and oxygen atoms in total. The average molecular weight is 1470 g/mol. The van der Waals surface area contributed by atoms with Crippen LogP contribution in [0.3, 0.4) is 0 Å². The molecule has 0 aliphatic carbocycles. The fourth-order valence-electron chi connectivity index (χ4n) is 15.1. The van der Waals surface area contributed by atoms with Crippen molar-refractivity contribution in [2.75, 3.05) is 13.2 Å². The van der Waals surface area contributed by atoms with E-state index in [1.165, 1.54) is 12.8 Å². The molecular formula is C96H70BClN6O7. The molecule has 111 heavy (non-hydrogen) atoms. The van der Waals surface area contributed by atoms with Gasteiger partial charge in [0.1, 0.15) is 44.7 Å². The van der Waals surface area contributed by atoms with E-state index in [-0.39, 0.29) is 5.28 Å². The van der Waals surface area contributed by atoms with Crippen molar-refractivity contribution < 1.29 is 31.7 Å². The number of rotatable bonds is 8. The zero-order chi connectivity index (χ0) is 74.7. The Kier molecular flexibility index (Phi) is 17.6. The Hall–Kier alpha value is -12.9. The van der Waals surface area contributed by atoms with Crippen LogP contribution in [0.1, 0.15) is 40.5 Å². The molecule has 0 radical (unpaired) electrons. The molecule has 8 heterocycles. The van der Waals surface area contributed by atoms with Crippen LogP contribution in [0, 0.1) is 0 Å². The molecule has 0 N–H and O–H groups in total. The first-order chi connectivity index (χ1) is 54.4. The van der Waals surface area contributed by atoms with Gasteiger partial charge in [0.25, 0.3) is 0 Å². The van der Waals surface area contributed by atoms with E-state index in [4.69, 9.17) is 58.3 Å². The Morgan fingerprint density at radius 2 is 0.631 bits per heavy atom. The summed E-state index contributed by atoms with van der Waals surface area (Å²) in [5.74, 6) is 2.97. The van der Waals surface area contributed by atoms with Crippen LogP contribution in [0.4, 0.5) is 0 Å². The first-order valence-electron chi connectivity index (χ1n) is 37.3. The lowest BCUT2D eigenvalue weighted by atomic mass is 9.75. The number of ether oxygens (including phenoxy) is 1. The third-order valence-corrected chi connectivity index (χ3v) is 21.5. The molecule has 0 bridgehead atoms. The van der Waals surface area contributed by atoms with Crippen LogP contribution in [0.25, 0.3) is 188 Å². The van der Waals surface area contributed by atoms with Crippen LogP contribution in [0.15, 0.2) is 321 Å². The summed E-state index contributed by atoms with van der Waals surface area (Å²) < 4.78 is 44.5. The fraction of sp³-hybridized carbons (Fsp3) is 0.104. The van der Waals surface area contributed by atoms with Crippen molar-refractivity contribution in [3.05, 3.63) is 309 Å². The third kappa shape index (κ3) is 12.9. The minimum atomic E-state index is -0.513. The number of halogens is 1. The molecule has 536 valence electrons. The summed E-state index contributed by atoms with van der Waals surface area (Å²) in [4.78, 5) is 27.9. The second kappa shape index (κ2) is 28.6. The van der Waals surface area contributed by atoms with Gasteiger partial charge in [0.2, 0.25) is 5.28 Å². The summed E-state index contributed by atoms with van der Waals surface area (Å²) >= 11 is 5.99. The van der Waals surface area contributed by atoms with Gasteiger partial charge in [0, 0.05) is 106 Å². The molecule has 0 unspecified atom stereocenters. The van der Waals surface area contributed by atoms with E-state index in [9.17, 15) is 0 Å². The topological polar surface area (TPSA) is 158 Å². The van der Waals surface area contributed by atoms with E-state index < -0.39 is 18.3 Å². The lowest BCUT2D eigenvalue weighted by Crippen LogP contribution is -2.41. The van der Waals surface area contributed by atoms with Gasteiger partial charge in [-0.05, 0) is 128 Å². The number of hydrogen-bond acceptors (Lipinski definition) is 13. The highest BCUT2D eigenvalue weighted by molar-refractivity contribution is 6.66. The van der Waals surface area contributed by atoms with Crippen molar-refractivity contribution in [1.82, 2.24) is 29.9 Å². The Balaban J connectivity index is 0.000000117. The molecule has 22 rings (SSSR count). The quantitative estimate of drug-likeness (QED) is 0.133. The highest BCUT2D eigenvalue weighted by atomic mass is 35.5. The van der Waals surface area contributed by atoms with Gasteiger partial charge in [0.05, 0.1) is 11.2 Å². The largest absolute Gasteiger partial charge is 0.495 e. The molecule has 15 heteroatoms. The molecule has 2 aliphatic heterocycles. The Morgan fingerprint density at radius 3 is 1.07 bits per heavy atom.